The summed E-state index contributed by atoms with van der Waals surface area (Å²) in [5.74, 6) is -0.384. The minimum absolute atomic E-state index is 0.0813. The van der Waals surface area contributed by atoms with Crippen molar-refractivity contribution in [3.63, 3.8) is 0 Å². The van der Waals surface area contributed by atoms with E-state index >= 15 is 0 Å². The van der Waals surface area contributed by atoms with Gasteiger partial charge in [-0.1, -0.05) is 36.4 Å². The fourth-order valence-corrected chi connectivity index (χ4v) is 3.55. The molecule has 2 aromatic carbocycles. The molecule has 0 bridgehead atoms. The lowest BCUT2D eigenvalue weighted by Crippen LogP contribution is -2.33. The molecule has 7 heteroatoms. The number of carbonyl (C=O) groups is 3. The van der Waals surface area contributed by atoms with Gasteiger partial charge in [-0.2, -0.15) is 0 Å². The van der Waals surface area contributed by atoms with E-state index in [4.69, 9.17) is 4.74 Å². The average molecular weight is 421 g/mol. The Morgan fingerprint density at radius 3 is 2.48 bits per heavy atom. The van der Waals surface area contributed by atoms with Crippen LogP contribution in [0.4, 0.5) is 5.69 Å². The Labute approximate surface area is 182 Å². The Balaban J connectivity index is 1.60. The summed E-state index contributed by atoms with van der Waals surface area (Å²) in [5.41, 5.74) is 3.45. The Morgan fingerprint density at radius 2 is 1.77 bits per heavy atom. The van der Waals surface area contributed by atoms with Crippen LogP contribution >= 0.6 is 0 Å². The van der Waals surface area contributed by atoms with Crippen molar-refractivity contribution in [3.8, 4) is 0 Å². The maximum absolute atomic E-state index is 12.7. The van der Waals surface area contributed by atoms with E-state index in [0.29, 0.717) is 18.8 Å². The molecule has 2 N–H and O–H groups in total. The molecule has 0 fully saturated rings. The zero-order chi connectivity index (χ0) is 22.2. The number of benzene rings is 2. The standard InChI is InChI=1S/C24H27N3O4/c1-17(28)27-13-11-19-5-3-4-6-21(19)22(27)16-24(30)26-20-9-7-18(8-10-20)15-23(29)25-12-14-31-2/h3-11,13,22H,12,14-16H2,1-2H3,(H,25,29)(H,26,30)/t22-/m0/s1. The number of ether oxygens (including phenoxy) is 1. The van der Waals surface area contributed by atoms with Gasteiger partial charge in [0.05, 0.1) is 25.5 Å². The van der Waals surface area contributed by atoms with Gasteiger partial charge in [-0.25, -0.2) is 0 Å². The Kier molecular flexibility index (Phi) is 7.56. The van der Waals surface area contributed by atoms with E-state index < -0.39 is 0 Å². The van der Waals surface area contributed by atoms with Crippen LogP contribution in [0, 0.1) is 0 Å². The van der Waals surface area contributed by atoms with Crippen LogP contribution in [0.5, 0.6) is 0 Å². The fourth-order valence-electron chi connectivity index (χ4n) is 3.55. The van der Waals surface area contributed by atoms with Gasteiger partial charge in [-0.15, -0.1) is 0 Å². The highest BCUT2D eigenvalue weighted by Gasteiger charge is 2.28. The predicted octanol–water partition coefficient (Wildman–Crippen LogP) is 2.89. The molecule has 0 aliphatic carbocycles. The average Bonchev–Trinajstić information content (AvgIpc) is 2.75. The molecule has 0 unspecified atom stereocenters. The summed E-state index contributed by atoms with van der Waals surface area (Å²) in [6.07, 6.45) is 4.02. The molecule has 0 spiro atoms. The van der Waals surface area contributed by atoms with E-state index in [1.54, 1.807) is 30.3 Å². The van der Waals surface area contributed by atoms with E-state index in [1.807, 2.05) is 42.5 Å². The van der Waals surface area contributed by atoms with Crippen LogP contribution < -0.4 is 10.6 Å². The number of nitrogens with one attached hydrogen (secondary N) is 2. The second-order valence-corrected chi connectivity index (χ2v) is 7.36. The molecule has 3 rings (SSSR count). The number of fused-ring (bicyclic) bond motifs is 1. The van der Waals surface area contributed by atoms with Crippen molar-refractivity contribution >= 4 is 29.5 Å². The molecule has 1 aliphatic rings. The highest BCUT2D eigenvalue weighted by Crippen LogP contribution is 2.33. The van der Waals surface area contributed by atoms with Crippen molar-refractivity contribution in [1.29, 1.82) is 0 Å². The topological polar surface area (TPSA) is 87.7 Å². The molecule has 0 saturated heterocycles. The van der Waals surface area contributed by atoms with Gasteiger partial charge < -0.3 is 20.3 Å². The molecule has 1 atom stereocenters. The first-order chi connectivity index (χ1) is 15.0. The molecule has 0 saturated carbocycles. The number of carbonyl (C=O) groups excluding carboxylic acids is 3. The summed E-state index contributed by atoms with van der Waals surface area (Å²) >= 11 is 0. The van der Waals surface area contributed by atoms with Crippen molar-refractivity contribution in [1.82, 2.24) is 10.2 Å². The van der Waals surface area contributed by atoms with E-state index in [1.165, 1.54) is 6.92 Å². The van der Waals surface area contributed by atoms with Crippen LogP contribution in [0.1, 0.15) is 36.1 Å². The van der Waals surface area contributed by atoms with Crippen LogP contribution in [0.25, 0.3) is 6.08 Å². The van der Waals surface area contributed by atoms with Gasteiger partial charge in [0.25, 0.3) is 0 Å². The van der Waals surface area contributed by atoms with Gasteiger partial charge in [0.15, 0.2) is 0 Å². The van der Waals surface area contributed by atoms with E-state index in [2.05, 4.69) is 10.6 Å². The molecule has 1 heterocycles. The quantitative estimate of drug-likeness (QED) is 0.642. The normalized spacial score (nSPS) is 14.6. The molecule has 3 amide bonds. The number of hydrogen-bond donors (Lipinski definition) is 2. The number of rotatable bonds is 8. The second kappa shape index (κ2) is 10.5. The lowest BCUT2D eigenvalue weighted by atomic mass is 9.93. The minimum atomic E-state index is -0.353. The predicted molar refractivity (Wildman–Crippen MR) is 119 cm³/mol. The summed E-state index contributed by atoms with van der Waals surface area (Å²) in [6, 6.07) is 14.6. The van der Waals surface area contributed by atoms with E-state index in [9.17, 15) is 14.4 Å². The Bertz CT molecular complexity index is 969. The first kappa shape index (κ1) is 22.2. The lowest BCUT2D eigenvalue weighted by molar-refractivity contribution is -0.129. The lowest BCUT2D eigenvalue weighted by Gasteiger charge is -2.32. The van der Waals surface area contributed by atoms with Crippen molar-refractivity contribution < 1.29 is 19.1 Å². The third kappa shape index (κ3) is 6.02. The highest BCUT2D eigenvalue weighted by atomic mass is 16.5. The van der Waals surface area contributed by atoms with Crippen LogP contribution in [0.2, 0.25) is 0 Å². The van der Waals surface area contributed by atoms with Crippen molar-refractivity contribution in [2.45, 2.75) is 25.8 Å². The van der Waals surface area contributed by atoms with Crippen LogP contribution in [0.15, 0.2) is 54.7 Å². The van der Waals surface area contributed by atoms with Gasteiger partial charge in [-0.3, -0.25) is 14.4 Å². The van der Waals surface area contributed by atoms with Crippen LogP contribution in [-0.2, 0) is 25.5 Å². The van der Waals surface area contributed by atoms with Gasteiger partial charge in [-0.05, 0) is 34.9 Å². The monoisotopic (exact) mass is 421 g/mol. The fraction of sp³-hybridized carbons (Fsp3) is 0.292. The molecule has 7 nitrogen and oxygen atoms in total. The van der Waals surface area contributed by atoms with Crippen molar-refractivity contribution in [3.05, 3.63) is 71.4 Å². The highest BCUT2D eigenvalue weighted by molar-refractivity contribution is 5.92. The summed E-state index contributed by atoms with van der Waals surface area (Å²) in [4.78, 5) is 38.3. The summed E-state index contributed by atoms with van der Waals surface area (Å²) < 4.78 is 4.91. The molecule has 0 aromatic heterocycles. The second-order valence-electron chi connectivity index (χ2n) is 7.36. The summed E-state index contributed by atoms with van der Waals surface area (Å²) in [6.45, 7) is 2.44. The molecule has 1 aliphatic heterocycles. The van der Waals surface area contributed by atoms with Gasteiger partial charge in [0.1, 0.15) is 0 Å². The zero-order valence-corrected chi connectivity index (χ0v) is 17.8. The maximum atomic E-state index is 12.7. The number of hydrogen-bond acceptors (Lipinski definition) is 4. The molecular weight excluding hydrogens is 394 g/mol. The van der Waals surface area contributed by atoms with Gasteiger partial charge in [0.2, 0.25) is 17.7 Å². The zero-order valence-electron chi connectivity index (χ0n) is 17.8. The molecule has 2 aromatic rings. The first-order valence-corrected chi connectivity index (χ1v) is 10.2. The Hall–Kier alpha value is -3.45. The number of amides is 3. The largest absolute Gasteiger partial charge is 0.383 e. The number of nitrogens with zero attached hydrogens (tertiary/aromatic N) is 1. The van der Waals surface area contributed by atoms with Crippen LogP contribution in [0.3, 0.4) is 0 Å². The van der Waals surface area contributed by atoms with Crippen molar-refractivity contribution in [2.24, 2.45) is 0 Å². The van der Waals surface area contributed by atoms with Crippen molar-refractivity contribution in [2.75, 3.05) is 25.6 Å². The maximum Gasteiger partial charge on any atom is 0.226 e. The molecule has 31 heavy (non-hydrogen) atoms. The third-order valence-electron chi connectivity index (χ3n) is 5.08. The molecule has 162 valence electrons. The Morgan fingerprint density at radius 1 is 1.03 bits per heavy atom. The smallest absolute Gasteiger partial charge is 0.226 e. The van der Waals surface area contributed by atoms with Crippen LogP contribution in [-0.4, -0.2) is 42.9 Å². The SMILES string of the molecule is COCCNC(=O)Cc1ccc(NC(=O)C[C@H]2c3ccccc3C=CN2C(C)=O)cc1. The number of anilines is 1. The molecular formula is C24H27N3O4. The molecule has 0 radical (unpaired) electrons. The minimum Gasteiger partial charge on any atom is -0.383 e. The van der Waals surface area contributed by atoms with E-state index in [-0.39, 0.29) is 36.6 Å². The number of methoxy groups -OCH3 is 1. The van der Waals surface area contributed by atoms with E-state index in [0.717, 1.165) is 16.7 Å². The third-order valence-corrected chi connectivity index (χ3v) is 5.08. The first-order valence-electron chi connectivity index (χ1n) is 10.2. The van der Waals surface area contributed by atoms with Gasteiger partial charge in [0, 0.05) is 32.5 Å². The summed E-state index contributed by atoms with van der Waals surface area (Å²) in [7, 11) is 1.58. The summed E-state index contributed by atoms with van der Waals surface area (Å²) in [5, 5.41) is 5.66. The van der Waals surface area contributed by atoms with Gasteiger partial charge >= 0.3 is 0 Å².